The molecule has 174 valence electrons. The van der Waals surface area contributed by atoms with Crippen molar-refractivity contribution in [3.05, 3.63) is 65.7 Å². The van der Waals surface area contributed by atoms with E-state index in [9.17, 15) is 13.2 Å². The third kappa shape index (κ3) is 6.60. The van der Waals surface area contributed by atoms with Gasteiger partial charge in [-0.25, -0.2) is 4.98 Å². The Bertz CT molecular complexity index is 1080. The lowest BCUT2D eigenvalue weighted by atomic mass is 9.96. The van der Waals surface area contributed by atoms with Gasteiger partial charge < -0.3 is 15.4 Å². The van der Waals surface area contributed by atoms with E-state index in [0.717, 1.165) is 36.8 Å². The van der Waals surface area contributed by atoms with Gasteiger partial charge in [-0.05, 0) is 43.0 Å². The molecule has 0 amide bonds. The Morgan fingerprint density at radius 2 is 1.76 bits per heavy atom. The van der Waals surface area contributed by atoms with Crippen LogP contribution >= 0.6 is 0 Å². The van der Waals surface area contributed by atoms with Crippen molar-refractivity contribution < 1.29 is 17.9 Å². The molecule has 33 heavy (non-hydrogen) atoms. The first-order chi connectivity index (χ1) is 15.9. The average molecular weight is 457 g/mol. The highest BCUT2D eigenvalue weighted by atomic mass is 19.4. The van der Waals surface area contributed by atoms with Crippen LogP contribution in [0.2, 0.25) is 0 Å². The summed E-state index contributed by atoms with van der Waals surface area (Å²) in [5.74, 6) is 0.785. The van der Waals surface area contributed by atoms with Gasteiger partial charge in [0.2, 0.25) is 5.95 Å². The first-order valence-electron chi connectivity index (χ1n) is 11.2. The molecular formula is C25H27F3N4O. The highest BCUT2D eigenvalue weighted by molar-refractivity contribution is 5.66. The largest absolute Gasteiger partial charge is 0.573 e. The summed E-state index contributed by atoms with van der Waals surface area (Å²) in [7, 11) is 0. The van der Waals surface area contributed by atoms with Crippen molar-refractivity contribution in [3.8, 4) is 17.0 Å². The van der Waals surface area contributed by atoms with Crippen LogP contribution in [0.3, 0.4) is 0 Å². The number of hydrogen-bond donors (Lipinski definition) is 2. The van der Waals surface area contributed by atoms with E-state index in [1.807, 2.05) is 31.2 Å². The highest BCUT2D eigenvalue weighted by Crippen LogP contribution is 2.29. The van der Waals surface area contributed by atoms with Crippen LogP contribution in [-0.2, 0) is 6.54 Å². The van der Waals surface area contributed by atoms with E-state index in [1.165, 1.54) is 24.6 Å². The summed E-state index contributed by atoms with van der Waals surface area (Å²) in [4.78, 5) is 9.24. The topological polar surface area (TPSA) is 59.1 Å². The van der Waals surface area contributed by atoms with Crippen molar-refractivity contribution in [1.29, 1.82) is 0 Å². The van der Waals surface area contributed by atoms with Gasteiger partial charge in [-0.1, -0.05) is 55.7 Å². The van der Waals surface area contributed by atoms with Crippen molar-refractivity contribution in [2.45, 2.75) is 58.0 Å². The third-order valence-corrected chi connectivity index (χ3v) is 5.75. The predicted molar refractivity (Wildman–Crippen MR) is 123 cm³/mol. The van der Waals surface area contributed by atoms with E-state index in [4.69, 9.17) is 0 Å². The van der Waals surface area contributed by atoms with E-state index in [0.29, 0.717) is 29.6 Å². The number of nitrogens with zero attached hydrogens (tertiary/aromatic N) is 2. The molecule has 0 aliphatic heterocycles. The van der Waals surface area contributed by atoms with E-state index in [2.05, 4.69) is 25.3 Å². The van der Waals surface area contributed by atoms with E-state index >= 15 is 0 Å². The van der Waals surface area contributed by atoms with Crippen LogP contribution in [0, 0.1) is 6.92 Å². The van der Waals surface area contributed by atoms with Gasteiger partial charge in [-0.15, -0.1) is 13.2 Å². The monoisotopic (exact) mass is 456 g/mol. The predicted octanol–water partition coefficient (Wildman–Crippen LogP) is 6.71. The summed E-state index contributed by atoms with van der Waals surface area (Å²) >= 11 is 0. The smallest absolute Gasteiger partial charge is 0.406 e. The zero-order valence-corrected chi connectivity index (χ0v) is 18.5. The maximum absolute atomic E-state index is 12.7. The van der Waals surface area contributed by atoms with Crippen molar-refractivity contribution in [2.24, 2.45) is 0 Å². The summed E-state index contributed by atoms with van der Waals surface area (Å²) < 4.78 is 42.2. The number of alkyl halides is 3. The van der Waals surface area contributed by atoms with E-state index in [1.54, 1.807) is 12.1 Å². The lowest BCUT2D eigenvalue weighted by Crippen LogP contribution is -2.23. The molecular weight excluding hydrogens is 429 g/mol. The summed E-state index contributed by atoms with van der Waals surface area (Å²) in [5.41, 5.74) is 3.34. The minimum absolute atomic E-state index is 0.283. The molecule has 1 aromatic heterocycles. The molecule has 0 atom stereocenters. The fourth-order valence-electron chi connectivity index (χ4n) is 4.03. The van der Waals surface area contributed by atoms with Crippen LogP contribution in [0.15, 0.2) is 54.6 Å². The molecule has 5 nitrogen and oxygen atoms in total. The number of benzene rings is 2. The van der Waals surface area contributed by atoms with E-state index < -0.39 is 6.36 Å². The second kappa shape index (κ2) is 10.1. The van der Waals surface area contributed by atoms with Crippen LogP contribution < -0.4 is 15.4 Å². The number of nitrogens with one attached hydrogen (secondary N) is 2. The lowest BCUT2D eigenvalue weighted by Gasteiger charge is -2.23. The Balaban J connectivity index is 1.62. The van der Waals surface area contributed by atoms with Crippen molar-refractivity contribution in [2.75, 3.05) is 10.6 Å². The molecule has 1 fully saturated rings. The van der Waals surface area contributed by atoms with Gasteiger partial charge in [0.25, 0.3) is 0 Å². The number of rotatable bonds is 7. The molecule has 0 spiro atoms. The number of halogens is 3. The maximum Gasteiger partial charge on any atom is 0.573 e. The fraction of sp³-hybridized carbons (Fsp3) is 0.360. The van der Waals surface area contributed by atoms with E-state index in [-0.39, 0.29) is 11.8 Å². The first kappa shape index (κ1) is 22.9. The molecule has 4 rings (SSSR count). The van der Waals surface area contributed by atoms with Gasteiger partial charge in [0, 0.05) is 24.2 Å². The van der Waals surface area contributed by atoms with Crippen LogP contribution in [0.4, 0.5) is 24.9 Å². The standard InChI is InChI=1S/C25H27F3N4O/c1-17-8-5-6-9-19(17)16-29-23-15-22(18-10-7-13-21(14-18)33-25(26,27)28)31-24(32-23)30-20-11-3-2-4-12-20/h5-10,13-15,20H,2-4,11-12,16H2,1H3,(H2,29,30,31,32). The zero-order valence-electron chi connectivity index (χ0n) is 18.5. The molecule has 1 aliphatic rings. The number of ether oxygens (including phenoxy) is 1. The second-order valence-corrected chi connectivity index (χ2v) is 8.30. The minimum atomic E-state index is -4.75. The van der Waals surface area contributed by atoms with Crippen LogP contribution in [0.5, 0.6) is 5.75 Å². The molecule has 3 aromatic rings. The minimum Gasteiger partial charge on any atom is -0.406 e. The Morgan fingerprint density at radius 1 is 0.970 bits per heavy atom. The van der Waals surface area contributed by atoms with Crippen molar-refractivity contribution >= 4 is 11.8 Å². The van der Waals surface area contributed by atoms with Gasteiger partial charge in [0.05, 0.1) is 5.69 Å². The summed E-state index contributed by atoms with van der Waals surface area (Å²) in [6.07, 6.45) is 0.897. The van der Waals surface area contributed by atoms with Crippen LogP contribution in [0.25, 0.3) is 11.3 Å². The molecule has 0 saturated heterocycles. The maximum atomic E-state index is 12.7. The van der Waals surface area contributed by atoms with Crippen LogP contribution in [-0.4, -0.2) is 22.4 Å². The second-order valence-electron chi connectivity index (χ2n) is 8.30. The molecule has 0 radical (unpaired) electrons. The molecule has 2 aromatic carbocycles. The van der Waals surface area contributed by atoms with Crippen LogP contribution in [0.1, 0.15) is 43.2 Å². The number of hydrogen-bond acceptors (Lipinski definition) is 5. The number of anilines is 2. The normalized spacial score (nSPS) is 14.7. The fourth-order valence-corrected chi connectivity index (χ4v) is 4.03. The molecule has 0 unspecified atom stereocenters. The van der Waals surface area contributed by atoms with Gasteiger partial charge in [0.1, 0.15) is 11.6 Å². The molecule has 1 aliphatic carbocycles. The Morgan fingerprint density at radius 3 is 2.52 bits per heavy atom. The average Bonchev–Trinajstić information content (AvgIpc) is 2.78. The zero-order chi connectivity index (χ0) is 23.3. The van der Waals surface area contributed by atoms with Gasteiger partial charge >= 0.3 is 6.36 Å². The summed E-state index contributed by atoms with van der Waals surface area (Å²) in [6.45, 7) is 2.62. The summed E-state index contributed by atoms with van der Waals surface area (Å²) in [5, 5.41) is 6.76. The highest BCUT2D eigenvalue weighted by Gasteiger charge is 2.31. The lowest BCUT2D eigenvalue weighted by molar-refractivity contribution is -0.274. The summed E-state index contributed by atoms with van der Waals surface area (Å²) in [6, 6.07) is 15.9. The SMILES string of the molecule is Cc1ccccc1CNc1cc(-c2cccc(OC(F)(F)F)c2)nc(NC2CCCCC2)n1. The first-order valence-corrected chi connectivity index (χ1v) is 11.2. The van der Waals surface area contributed by atoms with Crippen molar-refractivity contribution in [1.82, 2.24) is 9.97 Å². The Labute approximate surface area is 191 Å². The van der Waals surface area contributed by atoms with Gasteiger partial charge in [0.15, 0.2) is 0 Å². The Kier molecular flexibility index (Phi) is 7.01. The quantitative estimate of drug-likeness (QED) is 0.414. The van der Waals surface area contributed by atoms with Crippen molar-refractivity contribution in [3.63, 3.8) is 0 Å². The number of aromatic nitrogens is 2. The molecule has 2 N–H and O–H groups in total. The molecule has 1 heterocycles. The number of aryl methyl sites for hydroxylation is 1. The Hall–Kier alpha value is -3.29. The third-order valence-electron chi connectivity index (χ3n) is 5.75. The van der Waals surface area contributed by atoms with Gasteiger partial charge in [-0.2, -0.15) is 4.98 Å². The molecule has 0 bridgehead atoms. The molecule has 1 saturated carbocycles. The molecule has 8 heteroatoms. The van der Waals surface area contributed by atoms with Gasteiger partial charge in [-0.3, -0.25) is 0 Å².